The molecule has 0 saturated carbocycles. The molecule has 1 aliphatic heterocycles. The van der Waals surface area contributed by atoms with E-state index in [1.165, 1.54) is 5.56 Å². The number of fused-ring (bicyclic) bond motifs is 1. The lowest BCUT2D eigenvalue weighted by atomic mass is 10.2. The zero-order valence-corrected chi connectivity index (χ0v) is 16.9. The van der Waals surface area contributed by atoms with E-state index in [4.69, 9.17) is 14.4 Å². The zero-order chi connectivity index (χ0) is 20.2. The van der Waals surface area contributed by atoms with Crippen molar-refractivity contribution in [3.8, 4) is 0 Å². The van der Waals surface area contributed by atoms with Gasteiger partial charge >= 0.3 is 0 Å². The molecule has 1 aliphatic rings. The first kappa shape index (κ1) is 18.6. The van der Waals surface area contributed by atoms with Crippen LogP contribution in [0, 0.1) is 0 Å². The summed E-state index contributed by atoms with van der Waals surface area (Å²) in [5, 5.41) is 4.46. The van der Waals surface area contributed by atoms with E-state index in [1.54, 1.807) is 11.2 Å². The first-order valence-electron chi connectivity index (χ1n) is 10.5. The molecule has 1 fully saturated rings. The Bertz CT molecular complexity index is 1090. The molecule has 0 amide bonds. The first-order chi connectivity index (χ1) is 14.8. The Morgan fingerprint density at radius 1 is 0.900 bits per heavy atom. The average molecular weight is 401 g/mol. The molecule has 2 aromatic heterocycles. The molecule has 30 heavy (non-hydrogen) atoms. The Balaban J connectivity index is 1.32. The summed E-state index contributed by atoms with van der Waals surface area (Å²) in [6.07, 6.45) is 1.69. The van der Waals surface area contributed by atoms with E-state index in [2.05, 4.69) is 52.7 Å². The van der Waals surface area contributed by atoms with Crippen LogP contribution < -0.4 is 15.1 Å². The zero-order valence-electron chi connectivity index (χ0n) is 16.9. The second kappa shape index (κ2) is 8.55. The van der Waals surface area contributed by atoms with E-state index < -0.39 is 0 Å². The predicted octanol–water partition coefficient (Wildman–Crippen LogP) is 2.74. The van der Waals surface area contributed by atoms with Crippen molar-refractivity contribution >= 4 is 22.7 Å². The SMILES string of the molecule is c1ccc(C[NH+]2CCN(c3nc(NCc4ccco4)c4ccccc4n3)CC2)cc1. The van der Waals surface area contributed by atoms with Crippen LogP contribution in [-0.2, 0) is 13.1 Å². The van der Waals surface area contributed by atoms with Gasteiger partial charge in [-0.1, -0.05) is 42.5 Å². The van der Waals surface area contributed by atoms with Gasteiger partial charge in [0.2, 0.25) is 5.95 Å². The van der Waals surface area contributed by atoms with Gasteiger partial charge in [0.05, 0.1) is 44.5 Å². The number of furan rings is 1. The van der Waals surface area contributed by atoms with Crippen LogP contribution in [0.2, 0.25) is 0 Å². The van der Waals surface area contributed by atoms with Crippen LogP contribution in [0.1, 0.15) is 11.3 Å². The maximum atomic E-state index is 5.46. The lowest BCUT2D eigenvalue weighted by molar-refractivity contribution is -0.914. The van der Waals surface area contributed by atoms with Crippen LogP contribution in [0.5, 0.6) is 0 Å². The third-order valence-corrected chi connectivity index (χ3v) is 5.65. The van der Waals surface area contributed by atoms with Crippen LogP contribution >= 0.6 is 0 Å². The number of para-hydroxylation sites is 1. The highest BCUT2D eigenvalue weighted by atomic mass is 16.3. The van der Waals surface area contributed by atoms with Crippen LogP contribution in [0.25, 0.3) is 10.9 Å². The minimum absolute atomic E-state index is 0.600. The maximum Gasteiger partial charge on any atom is 0.228 e. The summed E-state index contributed by atoms with van der Waals surface area (Å²) in [7, 11) is 0. The molecule has 6 heteroatoms. The number of rotatable bonds is 6. The highest BCUT2D eigenvalue weighted by Crippen LogP contribution is 2.24. The third kappa shape index (κ3) is 4.14. The van der Waals surface area contributed by atoms with E-state index in [0.29, 0.717) is 6.54 Å². The highest BCUT2D eigenvalue weighted by Gasteiger charge is 2.23. The van der Waals surface area contributed by atoms with E-state index in [-0.39, 0.29) is 0 Å². The van der Waals surface area contributed by atoms with Crippen molar-refractivity contribution in [1.29, 1.82) is 0 Å². The van der Waals surface area contributed by atoms with E-state index in [0.717, 1.165) is 61.2 Å². The van der Waals surface area contributed by atoms with E-state index in [9.17, 15) is 0 Å². The van der Waals surface area contributed by atoms with Crippen LogP contribution in [0.4, 0.5) is 11.8 Å². The number of anilines is 2. The van der Waals surface area contributed by atoms with E-state index >= 15 is 0 Å². The van der Waals surface area contributed by atoms with Crippen LogP contribution in [-0.4, -0.2) is 36.1 Å². The number of quaternary nitrogens is 1. The van der Waals surface area contributed by atoms with Crippen molar-refractivity contribution in [2.75, 3.05) is 36.4 Å². The van der Waals surface area contributed by atoms with Crippen molar-refractivity contribution in [2.24, 2.45) is 0 Å². The second-order valence-corrected chi connectivity index (χ2v) is 7.72. The average Bonchev–Trinajstić information content (AvgIpc) is 3.32. The smallest absolute Gasteiger partial charge is 0.228 e. The van der Waals surface area contributed by atoms with Gasteiger partial charge in [0.25, 0.3) is 0 Å². The van der Waals surface area contributed by atoms with Gasteiger partial charge in [0.1, 0.15) is 18.1 Å². The summed E-state index contributed by atoms with van der Waals surface area (Å²) >= 11 is 0. The molecular weight excluding hydrogens is 374 g/mol. The van der Waals surface area contributed by atoms with Gasteiger partial charge in [-0.2, -0.15) is 4.98 Å². The molecule has 0 aliphatic carbocycles. The predicted molar refractivity (Wildman–Crippen MR) is 119 cm³/mol. The number of hydrogen-bond donors (Lipinski definition) is 2. The molecule has 0 radical (unpaired) electrons. The number of aromatic nitrogens is 2. The van der Waals surface area contributed by atoms with Crippen molar-refractivity contribution in [1.82, 2.24) is 9.97 Å². The summed E-state index contributed by atoms with van der Waals surface area (Å²) < 4.78 is 5.46. The topological polar surface area (TPSA) is 58.6 Å². The largest absolute Gasteiger partial charge is 0.467 e. The Kier molecular flexibility index (Phi) is 5.31. The fourth-order valence-corrected chi connectivity index (χ4v) is 4.01. The minimum atomic E-state index is 0.600. The summed E-state index contributed by atoms with van der Waals surface area (Å²) in [6.45, 7) is 5.75. The molecule has 5 rings (SSSR count). The van der Waals surface area contributed by atoms with Gasteiger partial charge in [-0.15, -0.1) is 0 Å². The summed E-state index contributed by atoms with van der Waals surface area (Å²) in [6, 6.07) is 22.8. The summed E-state index contributed by atoms with van der Waals surface area (Å²) in [4.78, 5) is 13.7. The Labute approximate surface area is 176 Å². The lowest BCUT2D eigenvalue weighted by Crippen LogP contribution is -3.13. The van der Waals surface area contributed by atoms with Gasteiger partial charge in [0, 0.05) is 10.9 Å². The molecule has 3 heterocycles. The number of benzene rings is 2. The number of nitrogens with zero attached hydrogens (tertiary/aromatic N) is 3. The first-order valence-corrected chi connectivity index (χ1v) is 10.5. The Morgan fingerprint density at radius 2 is 1.70 bits per heavy atom. The highest BCUT2D eigenvalue weighted by molar-refractivity contribution is 5.90. The van der Waals surface area contributed by atoms with Crippen molar-refractivity contribution in [3.05, 3.63) is 84.3 Å². The standard InChI is InChI=1S/C24H25N5O/c1-2-7-19(8-3-1)18-28-12-14-29(15-13-28)24-26-22-11-5-4-10-21(22)23(27-24)25-17-20-9-6-16-30-20/h1-11,16H,12-15,17-18H2,(H,25,26,27)/p+1. The second-order valence-electron chi connectivity index (χ2n) is 7.72. The monoisotopic (exact) mass is 400 g/mol. The molecule has 152 valence electrons. The quantitative estimate of drug-likeness (QED) is 0.521. The van der Waals surface area contributed by atoms with Gasteiger partial charge in [-0.05, 0) is 24.3 Å². The lowest BCUT2D eigenvalue weighted by Gasteiger charge is -2.32. The molecule has 6 nitrogen and oxygen atoms in total. The van der Waals surface area contributed by atoms with Gasteiger partial charge in [0.15, 0.2) is 0 Å². The van der Waals surface area contributed by atoms with Crippen LogP contribution in [0.15, 0.2) is 77.4 Å². The van der Waals surface area contributed by atoms with Crippen molar-refractivity contribution in [3.63, 3.8) is 0 Å². The molecule has 0 atom stereocenters. The molecule has 4 aromatic rings. The molecule has 0 bridgehead atoms. The summed E-state index contributed by atoms with van der Waals surface area (Å²) in [5.74, 6) is 2.54. The molecule has 2 aromatic carbocycles. The number of piperazine rings is 1. The number of hydrogen-bond acceptors (Lipinski definition) is 5. The van der Waals surface area contributed by atoms with Crippen LogP contribution in [0.3, 0.4) is 0 Å². The van der Waals surface area contributed by atoms with Crippen molar-refractivity contribution < 1.29 is 9.32 Å². The van der Waals surface area contributed by atoms with Gasteiger partial charge in [-0.3, -0.25) is 0 Å². The molecule has 0 unspecified atom stereocenters. The fourth-order valence-electron chi connectivity index (χ4n) is 4.01. The third-order valence-electron chi connectivity index (χ3n) is 5.65. The van der Waals surface area contributed by atoms with E-state index in [1.807, 2.05) is 24.3 Å². The molecule has 1 saturated heterocycles. The minimum Gasteiger partial charge on any atom is -0.467 e. The van der Waals surface area contributed by atoms with Gasteiger partial charge < -0.3 is 19.5 Å². The molecule has 0 spiro atoms. The normalized spacial score (nSPS) is 14.9. The molecular formula is C24H26N5O+. The molecule has 2 N–H and O–H groups in total. The van der Waals surface area contributed by atoms with Gasteiger partial charge in [-0.25, -0.2) is 4.98 Å². The Morgan fingerprint density at radius 3 is 2.50 bits per heavy atom. The Hall–Kier alpha value is -3.38. The van der Waals surface area contributed by atoms with Crippen molar-refractivity contribution in [2.45, 2.75) is 13.1 Å². The maximum absolute atomic E-state index is 5.46. The summed E-state index contributed by atoms with van der Waals surface area (Å²) in [5.41, 5.74) is 2.36. The number of nitrogens with one attached hydrogen (secondary N) is 2. The fraction of sp³-hybridized carbons (Fsp3) is 0.250.